The monoisotopic (exact) mass is 496 g/mol. The molecule has 0 spiro atoms. The highest BCUT2D eigenvalue weighted by Crippen LogP contribution is 2.34. The number of primary amides is 1. The lowest BCUT2D eigenvalue weighted by atomic mass is 9.84. The van der Waals surface area contributed by atoms with Gasteiger partial charge in [0.15, 0.2) is 5.13 Å². The molecule has 3 aromatic rings. The third kappa shape index (κ3) is 5.81. The standard InChI is InChI=1S/C24H24N4O4S2/c25-23(30)18-10-11-21(20(12-18)28(31)32)33-14-22(29)27-24-26-19(13-34-24)17-8-6-16(7-9-17)15-4-2-1-3-5-15/h6-13,15H,1-5,14H2,(H2,25,30)(H,26,27,29). The van der Waals surface area contributed by atoms with Gasteiger partial charge in [-0.15, -0.1) is 23.1 Å². The Morgan fingerprint density at radius 3 is 2.56 bits per heavy atom. The molecule has 34 heavy (non-hydrogen) atoms. The lowest BCUT2D eigenvalue weighted by molar-refractivity contribution is -0.387. The van der Waals surface area contributed by atoms with Gasteiger partial charge in [-0.05, 0) is 36.5 Å². The van der Waals surface area contributed by atoms with E-state index in [2.05, 4.69) is 34.6 Å². The molecule has 1 fully saturated rings. The minimum absolute atomic E-state index is 0.0399. The van der Waals surface area contributed by atoms with Crippen LogP contribution < -0.4 is 11.1 Å². The van der Waals surface area contributed by atoms with Gasteiger partial charge in [0.2, 0.25) is 11.8 Å². The summed E-state index contributed by atoms with van der Waals surface area (Å²) in [6, 6.07) is 12.5. The van der Waals surface area contributed by atoms with Crippen LogP contribution in [0.15, 0.2) is 52.7 Å². The van der Waals surface area contributed by atoms with Crippen LogP contribution in [-0.4, -0.2) is 27.5 Å². The number of amides is 2. The fourth-order valence-corrected chi connectivity index (χ4v) is 5.60. The average Bonchev–Trinajstić information content (AvgIpc) is 3.31. The van der Waals surface area contributed by atoms with Gasteiger partial charge in [-0.3, -0.25) is 19.7 Å². The van der Waals surface area contributed by atoms with Gasteiger partial charge in [-0.1, -0.05) is 43.5 Å². The molecule has 0 radical (unpaired) electrons. The van der Waals surface area contributed by atoms with Crippen molar-refractivity contribution in [2.75, 3.05) is 11.1 Å². The maximum absolute atomic E-state index is 12.4. The minimum Gasteiger partial charge on any atom is -0.366 e. The summed E-state index contributed by atoms with van der Waals surface area (Å²) in [6.45, 7) is 0. The number of thiazole rings is 1. The maximum Gasteiger partial charge on any atom is 0.283 e. The van der Waals surface area contributed by atoms with Gasteiger partial charge >= 0.3 is 0 Å². The number of hydrogen-bond acceptors (Lipinski definition) is 7. The first-order valence-electron chi connectivity index (χ1n) is 11.0. The number of nitrogens with zero attached hydrogens (tertiary/aromatic N) is 2. The summed E-state index contributed by atoms with van der Waals surface area (Å²) < 4.78 is 0. The number of hydrogen-bond donors (Lipinski definition) is 2. The van der Waals surface area contributed by atoms with Gasteiger partial charge < -0.3 is 11.1 Å². The van der Waals surface area contributed by atoms with Crippen LogP contribution in [0.2, 0.25) is 0 Å². The summed E-state index contributed by atoms with van der Waals surface area (Å²) >= 11 is 2.34. The van der Waals surface area contributed by atoms with Crippen molar-refractivity contribution in [2.24, 2.45) is 5.73 Å². The highest BCUT2D eigenvalue weighted by Gasteiger charge is 2.19. The van der Waals surface area contributed by atoms with E-state index in [-0.39, 0.29) is 27.8 Å². The van der Waals surface area contributed by atoms with Crippen LogP contribution in [0.25, 0.3) is 11.3 Å². The first-order valence-corrected chi connectivity index (χ1v) is 12.8. The number of thioether (sulfide) groups is 1. The number of aromatic nitrogens is 1. The van der Waals surface area contributed by atoms with Gasteiger partial charge in [0.25, 0.3) is 5.69 Å². The van der Waals surface area contributed by atoms with Crippen LogP contribution in [0.5, 0.6) is 0 Å². The van der Waals surface area contributed by atoms with Gasteiger partial charge in [0.05, 0.1) is 21.3 Å². The van der Waals surface area contributed by atoms with Crippen molar-refractivity contribution in [3.63, 3.8) is 0 Å². The lowest BCUT2D eigenvalue weighted by Crippen LogP contribution is -2.14. The van der Waals surface area contributed by atoms with E-state index < -0.39 is 10.8 Å². The Bertz CT molecular complexity index is 1200. The molecule has 0 aliphatic heterocycles. The van der Waals surface area contributed by atoms with E-state index in [1.54, 1.807) is 0 Å². The first kappa shape index (κ1) is 23.9. The Balaban J connectivity index is 1.36. The van der Waals surface area contributed by atoms with Gasteiger partial charge in [0.1, 0.15) is 0 Å². The van der Waals surface area contributed by atoms with Crippen molar-refractivity contribution in [1.29, 1.82) is 0 Å². The maximum atomic E-state index is 12.4. The Morgan fingerprint density at radius 2 is 1.88 bits per heavy atom. The van der Waals surface area contributed by atoms with Crippen LogP contribution >= 0.6 is 23.1 Å². The molecule has 1 saturated carbocycles. The normalized spacial score (nSPS) is 14.0. The van der Waals surface area contributed by atoms with Gasteiger partial charge in [-0.25, -0.2) is 4.98 Å². The summed E-state index contributed by atoms with van der Waals surface area (Å²) in [5, 5.41) is 16.4. The lowest BCUT2D eigenvalue weighted by Gasteiger charge is -2.22. The number of carbonyl (C=O) groups is 2. The Hall–Kier alpha value is -3.24. The molecule has 0 atom stereocenters. The summed E-state index contributed by atoms with van der Waals surface area (Å²) in [7, 11) is 0. The number of nitrogens with two attached hydrogens (primary N) is 1. The highest BCUT2D eigenvalue weighted by atomic mass is 32.2. The third-order valence-electron chi connectivity index (χ3n) is 5.83. The van der Waals surface area contributed by atoms with Crippen molar-refractivity contribution in [2.45, 2.75) is 42.9 Å². The van der Waals surface area contributed by atoms with Crippen molar-refractivity contribution >= 4 is 45.7 Å². The number of anilines is 1. The molecular weight excluding hydrogens is 472 g/mol. The Morgan fingerprint density at radius 1 is 1.15 bits per heavy atom. The van der Waals surface area contributed by atoms with Crippen LogP contribution in [0.3, 0.4) is 0 Å². The molecule has 1 aliphatic rings. The topological polar surface area (TPSA) is 128 Å². The molecule has 0 unspecified atom stereocenters. The van der Waals surface area contributed by atoms with Crippen LogP contribution in [0.4, 0.5) is 10.8 Å². The molecule has 2 aromatic carbocycles. The van der Waals surface area contributed by atoms with Crippen LogP contribution in [0, 0.1) is 10.1 Å². The van der Waals surface area contributed by atoms with E-state index in [1.165, 1.54) is 61.1 Å². The van der Waals surface area contributed by atoms with E-state index in [0.717, 1.165) is 29.1 Å². The number of carbonyl (C=O) groups excluding carboxylic acids is 2. The van der Waals surface area contributed by atoms with E-state index in [4.69, 9.17) is 5.73 Å². The van der Waals surface area contributed by atoms with Crippen LogP contribution in [-0.2, 0) is 4.79 Å². The Kier molecular flexibility index (Phi) is 7.59. The highest BCUT2D eigenvalue weighted by molar-refractivity contribution is 8.00. The molecule has 8 nitrogen and oxygen atoms in total. The summed E-state index contributed by atoms with van der Waals surface area (Å²) in [5.74, 6) is -0.470. The number of rotatable bonds is 8. The summed E-state index contributed by atoms with van der Waals surface area (Å²) in [4.78, 5) is 39.2. The zero-order chi connectivity index (χ0) is 24.1. The number of nitrogens with one attached hydrogen (secondary N) is 1. The molecule has 1 aliphatic carbocycles. The third-order valence-corrected chi connectivity index (χ3v) is 7.65. The number of nitro benzene ring substituents is 1. The SMILES string of the molecule is NC(=O)c1ccc(SCC(=O)Nc2nc(-c3ccc(C4CCCCC4)cc3)cs2)c([N+](=O)[O-])c1. The van der Waals surface area contributed by atoms with Crippen LogP contribution in [0.1, 0.15) is 53.9 Å². The first-order chi connectivity index (χ1) is 16.4. The van der Waals surface area contributed by atoms with E-state index in [0.29, 0.717) is 11.0 Å². The van der Waals surface area contributed by atoms with Gasteiger partial charge in [0, 0.05) is 22.6 Å². The molecule has 0 saturated heterocycles. The van der Waals surface area contributed by atoms with E-state index in [1.807, 2.05) is 5.38 Å². The van der Waals surface area contributed by atoms with Crippen molar-refractivity contribution in [3.8, 4) is 11.3 Å². The van der Waals surface area contributed by atoms with E-state index >= 15 is 0 Å². The molecule has 176 valence electrons. The molecule has 1 aromatic heterocycles. The molecule has 4 rings (SSSR count). The summed E-state index contributed by atoms with van der Waals surface area (Å²) in [6.07, 6.45) is 6.43. The smallest absolute Gasteiger partial charge is 0.283 e. The second-order valence-corrected chi connectivity index (χ2v) is 10.0. The predicted molar refractivity (Wildman–Crippen MR) is 134 cm³/mol. The molecule has 1 heterocycles. The minimum atomic E-state index is -0.749. The number of benzene rings is 2. The predicted octanol–water partition coefficient (Wildman–Crippen LogP) is 5.60. The summed E-state index contributed by atoms with van der Waals surface area (Å²) in [5.41, 5.74) is 8.14. The fraction of sp³-hybridized carbons (Fsp3) is 0.292. The molecule has 10 heteroatoms. The largest absolute Gasteiger partial charge is 0.366 e. The Labute approximate surface area is 205 Å². The van der Waals surface area contributed by atoms with Crippen molar-refractivity contribution in [1.82, 2.24) is 4.98 Å². The van der Waals surface area contributed by atoms with Gasteiger partial charge in [-0.2, -0.15) is 0 Å². The average molecular weight is 497 g/mol. The second-order valence-electron chi connectivity index (χ2n) is 8.14. The molecule has 0 bridgehead atoms. The molecule has 3 N–H and O–H groups in total. The number of nitro groups is 1. The molecule has 2 amide bonds. The van der Waals surface area contributed by atoms with E-state index in [9.17, 15) is 19.7 Å². The quantitative estimate of drug-likeness (QED) is 0.237. The van der Waals surface area contributed by atoms with Crippen molar-refractivity contribution in [3.05, 3.63) is 69.1 Å². The second kappa shape index (κ2) is 10.8. The zero-order valence-electron chi connectivity index (χ0n) is 18.4. The zero-order valence-corrected chi connectivity index (χ0v) is 20.0. The fourth-order valence-electron chi connectivity index (χ4n) is 4.06. The van der Waals surface area contributed by atoms with Crippen molar-refractivity contribution < 1.29 is 14.5 Å². The molecular formula is C24H24N4O4S2.